The summed E-state index contributed by atoms with van der Waals surface area (Å²) in [6, 6.07) is 3.76. The van der Waals surface area contributed by atoms with E-state index in [1.807, 2.05) is 19.1 Å². The van der Waals surface area contributed by atoms with Gasteiger partial charge in [0.2, 0.25) is 0 Å². The molecule has 52 valence electrons. The summed E-state index contributed by atoms with van der Waals surface area (Å²) in [6.45, 7) is 1.86. The molecule has 0 N–H and O–H groups in total. The Morgan fingerprint density at radius 2 is 2.40 bits per heavy atom. The molecule has 10 heavy (non-hydrogen) atoms. The van der Waals surface area contributed by atoms with Crippen LogP contribution in [0, 0.1) is 0 Å². The predicted octanol–water partition coefficient (Wildman–Crippen LogP) is 2.57. The van der Waals surface area contributed by atoms with Crippen LogP contribution < -0.4 is 0 Å². The summed E-state index contributed by atoms with van der Waals surface area (Å²) in [5.41, 5.74) is 0. The lowest BCUT2D eigenvalue weighted by Crippen LogP contribution is -1.72. The van der Waals surface area contributed by atoms with Crippen molar-refractivity contribution in [2.24, 2.45) is 4.99 Å². The van der Waals surface area contributed by atoms with Gasteiger partial charge in [0, 0.05) is 16.9 Å². The summed E-state index contributed by atoms with van der Waals surface area (Å²) in [7, 11) is 0. The van der Waals surface area contributed by atoms with Gasteiger partial charge in [-0.25, -0.2) is 9.98 Å². The fourth-order valence-electron chi connectivity index (χ4n) is 0.577. The van der Waals surface area contributed by atoms with E-state index >= 15 is 0 Å². The second-order valence-electron chi connectivity index (χ2n) is 1.72. The highest BCUT2D eigenvalue weighted by Crippen LogP contribution is 2.11. The van der Waals surface area contributed by atoms with Gasteiger partial charge in [-0.2, -0.15) is 0 Å². The predicted molar refractivity (Wildman–Crippen MR) is 45.8 cm³/mol. The third-order valence-electron chi connectivity index (χ3n) is 0.973. The van der Waals surface area contributed by atoms with Crippen LogP contribution in [0.25, 0.3) is 0 Å². The summed E-state index contributed by atoms with van der Waals surface area (Å²) >= 11 is 3.28. The second-order valence-corrected chi connectivity index (χ2v) is 2.64. The van der Waals surface area contributed by atoms with Gasteiger partial charge in [-0.1, -0.05) is 0 Å². The Hall–Kier alpha value is -0.700. The molecule has 1 aromatic rings. The van der Waals surface area contributed by atoms with Gasteiger partial charge in [0.1, 0.15) is 0 Å². The first-order valence-electron chi connectivity index (χ1n) is 2.93. The van der Waals surface area contributed by atoms with Crippen molar-refractivity contribution in [3.8, 4) is 0 Å². The number of pyridine rings is 1. The van der Waals surface area contributed by atoms with Gasteiger partial charge in [0.05, 0.1) is 0 Å². The van der Waals surface area contributed by atoms with Crippen molar-refractivity contribution in [2.75, 3.05) is 0 Å². The SMILES string of the molecule is CC=Nc1ccc(Br)cn1. The minimum atomic E-state index is 0.741. The molecule has 0 aliphatic rings. The molecule has 0 aromatic carbocycles. The van der Waals surface area contributed by atoms with Gasteiger partial charge < -0.3 is 0 Å². The Morgan fingerprint density at radius 1 is 1.60 bits per heavy atom. The van der Waals surface area contributed by atoms with E-state index < -0.39 is 0 Å². The Kier molecular flexibility index (Phi) is 2.57. The van der Waals surface area contributed by atoms with Crippen molar-refractivity contribution in [1.82, 2.24) is 4.98 Å². The van der Waals surface area contributed by atoms with Gasteiger partial charge in [0.25, 0.3) is 0 Å². The Morgan fingerprint density at radius 3 is 2.90 bits per heavy atom. The molecular formula is C7H7BrN2. The lowest BCUT2D eigenvalue weighted by Gasteiger charge is -1.89. The van der Waals surface area contributed by atoms with E-state index in [9.17, 15) is 0 Å². The van der Waals surface area contributed by atoms with Crippen LogP contribution in [0.3, 0.4) is 0 Å². The molecule has 0 spiro atoms. The molecule has 3 heteroatoms. The first-order valence-corrected chi connectivity index (χ1v) is 3.72. The average Bonchev–Trinajstić information content (AvgIpc) is 1.95. The minimum absolute atomic E-state index is 0.741. The monoisotopic (exact) mass is 198 g/mol. The molecule has 0 saturated carbocycles. The van der Waals surface area contributed by atoms with E-state index in [0.29, 0.717) is 0 Å². The standard InChI is InChI=1S/C7H7BrN2/c1-2-9-7-4-3-6(8)5-10-7/h2-5H,1H3. The van der Waals surface area contributed by atoms with Crippen LogP contribution in [0.15, 0.2) is 27.8 Å². The number of nitrogens with zero attached hydrogens (tertiary/aromatic N) is 2. The zero-order valence-corrected chi connectivity index (χ0v) is 7.17. The zero-order valence-electron chi connectivity index (χ0n) is 5.58. The normalized spacial score (nSPS) is 10.6. The third-order valence-corrected chi connectivity index (χ3v) is 1.44. The highest BCUT2D eigenvalue weighted by molar-refractivity contribution is 9.10. The molecular weight excluding hydrogens is 192 g/mol. The largest absolute Gasteiger partial charge is 0.242 e. The quantitative estimate of drug-likeness (QED) is 0.638. The molecule has 0 radical (unpaired) electrons. The first kappa shape index (κ1) is 7.41. The lowest BCUT2D eigenvalue weighted by molar-refractivity contribution is 1.26. The van der Waals surface area contributed by atoms with Gasteiger partial charge in [-0.05, 0) is 35.0 Å². The molecule has 0 unspecified atom stereocenters. The number of hydrogen-bond acceptors (Lipinski definition) is 2. The van der Waals surface area contributed by atoms with Crippen molar-refractivity contribution in [3.63, 3.8) is 0 Å². The fraction of sp³-hybridized carbons (Fsp3) is 0.143. The number of hydrogen-bond donors (Lipinski definition) is 0. The summed E-state index contributed by atoms with van der Waals surface area (Å²) in [4.78, 5) is 8.01. The maximum absolute atomic E-state index is 4.02. The Balaban J connectivity index is 2.89. The molecule has 1 heterocycles. The van der Waals surface area contributed by atoms with Gasteiger partial charge in [0.15, 0.2) is 5.82 Å². The highest BCUT2D eigenvalue weighted by atomic mass is 79.9. The van der Waals surface area contributed by atoms with E-state index in [2.05, 4.69) is 25.9 Å². The van der Waals surface area contributed by atoms with Crippen molar-refractivity contribution in [1.29, 1.82) is 0 Å². The Bertz CT molecular complexity index is 228. The third kappa shape index (κ3) is 1.92. The van der Waals surface area contributed by atoms with Crippen LogP contribution in [0.1, 0.15) is 6.92 Å². The molecule has 0 fully saturated rings. The number of halogens is 1. The van der Waals surface area contributed by atoms with Gasteiger partial charge in [-0.3, -0.25) is 0 Å². The molecule has 1 aromatic heterocycles. The smallest absolute Gasteiger partial charge is 0.151 e. The molecule has 0 bridgehead atoms. The number of aliphatic imine (C=N–C) groups is 1. The van der Waals surface area contributed by atoms with Crippen molar-refractivity contribution in [3.05, 3.63) is 22.8 Å². The summed E-state index contributed by atoms with van der Waals surface area (Å²) in [5.74, 6) is 0.741. The van der Waals surface area contributed by atoms with Crippen molar-refractivity contribution >= 4 is 28.0 Å². The fourth-order valence-corrected chi connectivity index (χ4v) is 0.811. The molecule has 0 aliphatic heterocycles. The van der Waals surface area contributed by atoms with E-state index in [4.69, 9.17) is 0 Å². The highest BCUT2D eigenvalue weighted by Gasteiger charge is 1.87. The van der Waals surface area contributed by atoms with Crippen molar-refractivity contribution < 1.29 is 0 Å². The zero-order chi connectivity index (χ0) is 7.40. The van der Waals surface area contributed by atoms with E-state index in [1.165, 1.54) is 0 Å². The summed E-state index contributed by atoms with van der Waals surface area (Å²) in [5, 5.41) is 0. The first-order chi connectivity index (χ1) is 4.83. The van der Waals surface area contributed by atoms with Crippen molar-refractivity contribution in [2.45, 2.75) is 6.92 Å². The molecule has 0 aliphatic carbocycles. The van der Waals surface area contributed by atoms with Crippen LogP contribution in [0.2, 0.25) is 0 Å². The summed E-state index contributed by atoms with van der Waals surface area (Å²) < 4.78 is 0.975. The van der Waals surface area contributed by atoms with Crippen LogP contribution in [-0.2, 0) is 0 Å². The minimum Gasteiger partial charge on any atom is -0.242 e. The number of rotatable bonds is 1. The Labute approximate surface area is 68.1 Å². The molecule has 0 saturated heterocycles. The van der Waals surface area contributed by atoms with Crippen LogP contribution >= 0.6 is 15.9 Å². The van der Waals surface area contributed by atoms with E-state index in [0.717, 1.165) is 10.3 Å². The van der Waals surface area contributed by atoms with E-state index in [1.54, 1.807) is 12.4 Å². The lowest BCUT2D eigenvalue weighted by atomic mass is 10.5. The molecule has 1 rings (SSSR count). The van der Waals surface area contributed by atoms with Gasteiger partial charge >= 0.3 is 0 Å². The maximum Gasteiger partial charge on any atom is 0.151 e. The average molecular weight is 199 g/mol. The van der Waals surface area contributed by atoms with Crippen LogP contribution in [-0.4, -0.2) is 11.2 Å². The van der Waals surface area contributed by atoms with Crippen LogP contribution in [0.5, 0.6) is 0 Å². The second kappa shape index (κ2) is 3.46. The van der Waals surface area contributed by atoms with Crippen LogP contribution in [0.4, 0.5) is 5.82 Å². The maximum atomic E-state index is 4.02. The van der Waals surface area contributed by atoms with Gasteiger partial charge in [-0.15, -0.1) is 0 Å². The van der Waals surface area contributed by atoms with E-state index in [-0.39, 0.29) is 0 Å². The molecule has 2 nitrogen and oxygen atoms in total. The molecule has 0 atom stereocenters. The topological polar surface area (TPSA) is 25.2 Å². The summed E-state index contributed by atoms with van der Waals surface area (Å²) in [6.07, 6.45) is 3.44. The molecule has 0 amide bonds. The number of aromatic nitrogens is 1.